The van der Waals surface area contributed by atoms with Crippen molar-refractivity contribution in [1.82, 2.24) is 4.90 Å². The van der Waals surface area contributed by atoms with Gasteiger partial charge in [-0.15, -0.1) is 0 Å². The summed E-state index contributed by atoms with van der Waals surface area (Å²) in [5.41, 5.74) is 1.59. The Kier molecular flexibility index (Phi) is 7.25. The van der Waals surface area contributed by atoms with Gasteiger partial charge in [0.1, 0.15) is 12.1 Å². The molecule has 9 heteroatoms. The summed E-state index contributed by atoms with van der Waals surface area (Å²) in [5.74, 6) is -0.873. The number of esters is 1. The number of carbonyl (C=O) groups excluding carboxylic acids is 2. The van der Waals surface area contributed by atoms with E-state index in [1.165, 1.54) is 13.2 Å². The summed E-state index contributed by atoms with van der Waals surface area (Å²) in [4.78, 5) is 29.9. The van der Waals surface area contributed by atoms with Crippen molar-refractivity contribution in [3.63, 3.8) is 0 Å². The van der Waals surface area contributed by atoms with Crippen LogP contribution in [0, 0.1) is 24.2 Å². The maximum absolute atomic E-state index is 13.8. The van der Waals surface area contributed by atoms with E-state index in [4.69, 9.17) is 4.74 Å². The number of benzene rings is 2. The van der Waals surface area contributed by atoms with E-state index in [0.29, 0.717) is 44.5 Å². The van der Waals surface area contributed by atoms with Gasteiger partial charge < -0.3 is 14.5 Å². The lowest BCUT2D eigenvalue weighted by molar-refractivity contribution is -0.154. The number of likely N-dealkylation sites (tertiary alicyclic amines) is 1. The SMILES string of the molecule is COC(=O)[C@@H]1CC[C@H](c2ccccc2C)N1C(=O)C1CCN(c2ccc(C(F)(F)F)cc2C#N)CC1. The fraction of sp³-hybridized carbons (Fsp3) is 0.444. The summed E-state index contributed by atoms with van der Waals surface area (Å²) in [7, 11) is 1.32. The molecule has 2 heterocycles. The zero-order valence-corrected chi connectivity index (χ0v) is 20.2. The molecule has 190 valence electrons. The normalized spacial score (nSPS) is 20.8. The Morgan fingerprint density at radius 2 is 1.75 bits per heavy atom. The number of piperidine rings is 1. The van der Waals surface area contributed by atoms with Crippen LogP contribution in [-0.2, 0) is 20.5 Å². The van der Waals surface area contributed by atoms with E-state index in [1.807, 2.05) is 42.2 Å². The van der Waals surface area contributed by atoms with Crippen LogP contribution in [0.2, 0.25) is 0 Å². The molecule has 6 nitrogen and oxygen atoms in total. The molecule has 2 aliphatic rings. The molecule has 2 aromatic carbocycles. The first-order valence-corrected chi connectivity index (χ1v) is 12.0. The topological polar surface area (TPSA) is 73.6 Å². The predicted octanol–water partition coefficient (Wildman–Crippen LogP) is 5.01. The summed E-state index contributed by atoms with van der Waals surface area (Å²) in [6.07, 6.45) is -2.41. The van der Waals surface area contributed by atoms with Gasteiger partial charge in [-0.05, 0) is 61.9 Å². The third kappa shape index (κ3) is 4.90. The van der Waals surface area contributed by atoms with Crippen LogP contribution in [0.5, 0.6) is 0 Å². The Bertz CT molecular complexity index is 1180. The number of methoxy groups -OCH3 is 1. The van der Waals surface area contributed by atoms with Gasteiger partial charge in [0.25, 0.3) is 0 Å². The van der Waals surface area contributed by atoms with Crippen molar-refractivity contribution in [3.05, 3.63) is 64.7 Å². The largest absolute Gasteiger partial charge is 0.467 e. The van der Waals surface area contributed by atoms with Crippen LogP contribution in [0.4, 0.5) is 18.9 Å². The molecule has 2 aromatic rings. The summed E-state index contributed by atoms with van der Waals surface area (Å²) in [5, 5.41) is 9.44. The molecule has 2 saturated heterocycles. The third-order valence-corrected chi connectivity index (χ3v) is 7.29. The Morgan fingerprint density at radius 1 is 1.06 bits per heavy atom. The first kappa shape index (κ1) is 25.5. The molecule has 0 spiro atoms. The highest BCUT2D eigenvalue weighted by Gasteiger charge is 2.45. The zero-order valence-electron chi connectivity index (χ0n) is 20.2. The lowest BCUT2D eigenvalue weighted by atomic mass is 9.92. The van der Waals surface area contributed by atoms with Crippen LogP contribution in [0.3, 0.4) is 0 Å². The standard InChI is InChI=1S/C27H28F3N3O3/c1-17-5-3-4-6-21(17)23-9-10-24(26(35)36-2)33(23)25(34)18-11-13-32(14-12-18)22-8-7-20(27(28,29)30)15-19(22)16-31/h3-8,15,18,23-24H,9-14H2,1-2H3/t23-,24+/m1/s1. The maximum atomic E-state index is 13.8. The minimum Gasteiger partial charge on any atom is -0.467 e. The number of nitriles is 1. The second kappa shape index (κ2) is 10.2. The fourth-order valence-corrected chi connectivity index (χ4v) is 5.41. The maximum Gasteiger partial charge on any atom is 0.416 e. The lowest BCUT2D eigenvalue weighted by Gasteiger charge is -2.38. The van der Waals surface area contributed by atoms with Gasteiger partial charge >= 0.3 is 12.1 Å². The summed E-state index contributed by atoms with van der Waals surface area (Å²) >= 11 is 0. The van der Waals surface area contributed by atoms with Gasteiger partial charge in [-0.1, -0.05) is 24.3 Å². The Labute approximate surface area is 208 Å². The molecular formula is C27H28F3N3O3. The van der Waals surface area contributed by atoms with Crippen molar-refractivity contribution < 1.29 is 27.5 Å². The van der Waals surface area contributed by atoms with Gasteiger partial charge in [0.2, 0.25) is 5.91 Å². The highest BCUT2D eigenvalue weighted by Crippen LogP contribution is 2.40. The smallest absolute Gasteiger partial charge is 0.416 e. The van der Waals surface area contributed by atoms with Crippen LogP contribution < -0.4 is 4.90 Å². The number of carbonyl (C=O) groups is 2. The Hall–Kier alpha value is -3.54. The number of alkyl halides is 3. The quantitative estimate of drug-likeness (QED) is 0.553. The summed E-state index contributed by atoms with van der Waals surface area (Å²) in [6, 6.07) is 12.0. The van der Waals surface area contributed by atoms with Gasteiger partial charge in [-0.2, -0.15) is 18.4 Å². The Balaban J connectivity index is 1.53. The lowest BCUT2D eigenvalue weighted by Crippen LogP contribution is -2.48. The Morgan fingerprint density at radius 3 is 2.36 bits per heavy atom. The highest BCUT2D eigenvalue weighted by atomic mass is 19.4. The van der Waals surface area contributed by atoms with Crippen molar-refractivity contribution in [3.8, 4) is 6.07 Å². The predicted molar refractivity (Wildman–Crippen MR) is 127 cm³/mol. The van der Waals surface area contributed by atoms with Crippen LogP contribution in [0.25, 0.3) is 0 Å². The second-order valence-electron chi connectivity index (χ2n) is 9.34. The van der Waals surface area contributed by atoms with E-state index in [2.05, 4.69) is 0 Å². The molecule has 0 bridgehead atoms. The first-order valence-electron chi connectivity index (χ1n) is 12.0. The van der Waals surface area contributed by atoms with Gasteiger partial charge in [-0.3, -0.25) is 4.79 Å². The molecule has 0 N–H and O–H groups in total. The van der Waals surface area contributed by atoms with E-state index in [9.17, 15) is 28.0 Å². The minimum absolute atomic E-state index is 0.0421. The molecule has 0 unspecified atom stereocenters. The summed E-state index contributed by atoms with van der Waals surface area (Å²) in [6.45, 7) is 2.82. The molecule has 2 fully saturated rings. The minimum atomic E-state index is -4.52. The number of hydrogen-bond donors (Lipinski definition) is 0. The van der Waals surface area contributed by atoms with Gasteiger partial charge in [0, 0.05) is 19.0 Å². The van der Waals surface area contributed by atoms with E-state index < -0.39 is 23.8 Å². The fourth-order valence-electron chi connectivity index (χ4n) is 5.41. The molecule has 0 aliphatic carbocycles. The molecule has 0 radical (unpaired) electrons. The van der Waals surface area contributed by atoms with Crippen molar-refractivity contribution in [2.75, 3.05) is 25.1 Å². The molecule has 2 atom stereocenters. The number of anilines is 1. The molecule has 36 heavy (non-hydrogen) atoms. The molecule has 2 aliphatic heterocycles. The number of amides is 1. The van der Waals surface area contributed by atoms with Crippen LogP contribution in [0.15, 0.2) is 42.5 Å². The van der Waals surface area contributed by atoms with Gasteiger partial charge in [-0.25, -0.2) is 4.79 Å². The third-order valence-electron chi connectivity index (χ3n) is 7.29. The van der Waals surface area contributed by atoms with Crippen molar-refractivity contribution >= 4 is 17.6 Å². The van der Waals surface area contributed by atoms with Crippen molar-refractivity contribution in [2.45, 2.75) is 50.9 Å². The highest BCUT2D eigenvalue weighted by molar-refractivity contribution is 5.87. The number of aryl methyl sites for hydroxylation is 1. The molecular weight excluding hydrogens is 471 g/mol. The van der Waals surface area contributed by atoms with Gasteiger partial charge in [0.05, 0.1) is 30.0 Å². The first-order chi connectivity index (χ1) is 17.2. The van der Waals surface area contributed by atoms with Crippen molar-refractivity contribution in [1.29, 1.82) is 5.26 Å². The van der Waals surface area contributed by atoms with Gasteiger partial charge in [0.15, 0.2) is 0 Å². The molecule has 0 saturated carbocycles. The monoisotopic (exact) mass is 499 g/mol. The molecule has 0 aromatic heterocycles. The van der Waals surface area contributed by atoms with E-state index in [1.54, 1.807) is 4.90 Å². The average molecular weight is 500 g/mol. The number of hydrogen-bond acceptors (Lipinski definition) is 5. The van der Waals surface area contributed by atoms with Crippen LogP contribution >= 0.6 is 0 Å². The zero-order chi connectivity index (χ0) is 26.0. The van der Waals surface area contributed by atoms with Crippen LogP contribution in [0.1, 0.15) is 54.0 Å². The van der Waals surface area contributed by atoms with Crippen molar-refractivity contribution in [2.24, 2.45) is 5.92 Å². The number of rotatable bonds is 4. The molecule has 4 rings (SSSR count). The molecule has 1 amide bonds. The second-order valence-corrected chi connectivity index (χ2v) is 9.34. The number of nitrogens with zero attached hydrogens (tertiary/aromatic N) is 3. The summed E-state index contributed by atoms with van der Waals surface area (Å²) < 4.78 is 44.2. The van der Waals surface area contributed by atoms with Crippen LogP contribution in [-0.4, -0.2) is 43.0 Å². The number of ether oxygens (including phenoxy) is 1. The van der Waals surface area contributed by atoms with E-state index in [-0.39, 0.29) is 23.4 Å². The van der Waals surface area contributed by atoms with E-state index >= 15 is 0 Å². The van der Waals surface area contributed by atoms with E-state index in [0.717, 1.165) is 23.3 Å². The number of halogens is 3. The average Bonchev–Trinajstić information content (AvgIpc) is 3.32.